The second kappa shape index (κ2) is 5.65. The molecule has 0 saturated heterocycles. The van der Waals surface area contributed by atoms with E-state index in [2.05, 4.69) is 0 Å². The van der Waals surface area contributed by atoms with Crippen LogP contribution in [0.1, 0.15) is 38.7 Å². The van der Waals surface area contributed by atoms with Gasteiger partial charge in [0.05, 0.1) is 17.4 Å². The van der Waals surface area contributed by atoms with Crippen molar-refractivity contribution in [2.24, 2.45) is 11.8 Å². The largest absolute Gasteiger partial charge is 0.508 e. The van der Waals surface area contributed by atoms with Crippen LogP contribution in [0.3, 0.4) is 0 Å². The molecule has 1 saturated carbocycles. The Morgan fingerprint density at radius 3 is 2.14 bits per heavy atom. The number of aliphatic hydroxyl groups is 1. The zero-order valence-electron chi connectivity index (χ0n) is 12.9. The van der Waals surface area contributed by atoms with Crippen molar-refractivity contribution in [3.05, 3.63) is 29.8 Å². The molecule has 5 heteroatoms. The van der Waals surface area contributed by atoms with Gasteiger partial charge >= 0.3 is 0 Å². The van der Waals surface area contributed by atoms with Crippen LogP contribution in [0, 0.1) is 11.8 Å². The standard InChI is InChI=1S/C17H20O5/c1-9(18)14-13(21)8-17(3,22)16(10(2)19)15(14)11-4-6-12(20)7-5-11/h4-7,14-16,20,22H,8H2,1-3H3/t14-,15+,16+,17+/m0/s1. The van der Waals surface area contributed by atoms with E-state index in [1.807, 2.05) is 0 Å². The molecule has 5 nitrogen and oxygen atoms in total. The average molecular weight is 304 g/mol. The highest BCUT2D eigenvalue weighted by atomic mass is 16.3. The zero-order valence-corrected chi connectivity index (χ0v) is 12.9. The first-order valence-electron chi connectivity index (χ1n) is 7.20. The van der Waals surface area contributed by atoms with E-state index in [1.165, 1.54) is 32.9 Å². The number of hydrogen-bond donors (Lipinski definition) is 2. The highest BCUT2D eigenvalue weighted by Gasteiger charge is 2.53. The summed E-state index contributed by atoms with van der Waals surface area (Å²) < 4.78 is 0. The molecule has 1 aromatic rings. The molecule has 1 aliphatic carbocycles. The molecule has 2 rings (SSSR count). The van der Waals surface area contributed by atoms with Gasteiger partial charge in [-0.2, -0.15) is 0 Å². The topological polar surface area (TPSA) is 91.7 Å². The molecule has 0 bridgehead atoms. The lowest BCUT2D eigenvalue weighted by molar-refractivity contribution is -0.151. The summed E-state index contributed by atoms with van der Waals surface area (Å²) in [6, 6.07) is 6.05. The lowest BCUT2D eigenvalue weighted by Gasteiger charge is -2.44. The lowest BCUT2D eigenvalue weighted by Crippen LogP contribution is -2.53. The number of benzene rings is 1. The van der Waals surface area contributed by atoms with Crippen LogP contribution < -0.4 is 0 Å². The minimum Gasteiger partial charge on any atom is -0.508 e. The van der Waals surface area contributed by atoms with Crippen molar-refractivity contribution in [1.82, 2.24) is 0 Å². The van der Waals surface area contributed by atoms with Crippen molar-refractivity contribution in [1.29, 1.82) is 0 Å². The monoisotopic (exact) mass is 304 g/mol. The van der Waals surface area contributed by atoms with Crippen LogP contribution in [0.4, 0.5) is 0 Å². The number of phenolic OH excluding ortho intramolecular Hbond substituents is 1. The number of rotatable bonds is 3. The maximum atomic E-state index is 12.3. The highest BCUT2D eigenvalue weighted by Crippen LogP contribution is 2.46. The number of phenols is 1. The number of hydrogen-bond acceptors (Lipinski definition) is 5. The molecule has 0 spiro atoms. The summed E-state index contributed by atoms with van der Waals surface area (Å²) in [5.74, 6) is -3.38. The fourth-order valence-electron chi connectivity index (χ4n) is 3.60. The van der Waals surface area contributed by atoms with Gasteiger partial charge in [0, 0.05) is 12.3 Å². The van der Waals surface area contributed by atoms with E-state index in [0.717, 1.165) is 0 Å². The average Bonchev–Trinajstić information content (AvgIpc) is 2.36. The van der Waals surface area contributed by atoms with E-state index >= 15 is 0 Å². The molecule has 0 radical (unpaired) electrons. The fraction of sp³-hybridized carbons (Fsp3) is 0.471. The summed E-state index contributed by atoms with van der Waals surface area (Å²) in [4.78, 5) is 36.4. The van der Waals surface area contributed by atoms with E-state index < -0.39 is 23.4 Å². The smallest absolute Gasteiger partial charge is 0.146 e. The summed E-state index contributed by atoms with van der Waals surface area (Å²) in [6.07, 6.45) is -0.212. The molecule has 0 amide bonds. The summed E-state index contributed by atoms with van der Waals surface area (Å²) in [5.41, 5.74) is -0.899. The van der Waals surface area contributed by atoms with Gasteiger partial charge in [0.2, 0.25) is 0 Å². The number of carbonyl (C=O) groups is 3. The molecule has 1 aliphatic rings. The van der Waals surface area contributed by atoms with E-state index in [9.17, 15) is 24.6 Å². The maximum absolute atomic E-state index is 12.3. The van der Waals surface area contributed by atoms with Gasteiger partial charge in [-0.1, -0.05) is 12.1 Å². The molecule has 1 fully saturated rings. The van der Waals surface area contributed by atoms with Crippen molar-refractivity contribution in [3.8, 4) is 5.75 Å². The molecule has 4 atom stereocenters. The van der Waals surface area contributed by atoms with E-state index in [1.54, 1.807) is 12.1 Å². The second-order valence-electron chi connectivity index (χ2n) is 6.29. The molecule has 1 aromatic carbocycles. The van der Waals surface area contributed by atoms with Crippen molar-refractivity contribution < 1.29 is 24.6 Å². The zero-order chi connectivity index (χ0) is 16.7. The minimum absolute atomic E-state index is 0.0522. The van der Waals surface area contributed by atoms with E-state index in [0.29, 0.717) is 5.56 Å². The summed E-state index contributed by atoms with van der Waals surface area (Å²) >= 11 is 0. The molecule has 118 valence electrons. The van der Waals surface area contributed by atoms with Gasteiger partial charge in [-0.15, -0.1) is 0 Å². The van der Waals surface area contributed by atoms with Crippen LogP contribution in [-0.2, 0) is 14.4 Å². The Hall–Kier alpha value is -2.01. The van der Waals surface area contributed by atoms with Crippen molar-refractivity contribution in [2.75, 3.05) is 0 Å². The predicted molar refractivity (Wildman–Crippen MR) is 79.4 cm³/mol. The molecule has 0 aliphatic heterocycles. The molecular formula is C17H20O5. The Bertz CT molecular complexity index is 614. The Balaban J connectivity index is 2.61. The number of Topliss-reactive ketones (excluding diaryl/α,β-unsaturated/α-hetero) is 3. The van der Waals surface area contributed by atoms with Crippen LogP contribution >= 0.6 is 0 Å². The minimum atomic E-state index is -1.49. The predicted octanol–water partition coefficient (Wildman–Crippen LogP) is 1.61. The number of carbonyl (C=O) groups excluding carboxylic acids is 3. The summed E-state index contributed by atoms with van der Waals surface area (Å²) in [6.45, 7) is 4.15. The summed E-state index contributed by atoms with van der Waals surface area (Å²) in [7, 11) is 0. The van der Waals surface area contributed by atoms with Gasteiger partial charge in [0.1, 0.15) is 23.1 Å². The van der Waals surface area contributed by atoms with Gasteiger partial charge < -0.3 is 10.2 Å². The van der Waals surface area contributed by atoms with Crippen molar-refractivity contribution in [3.63, 3.8) is 0 Å². The Labute approximate surface area is 129 Å². The molecule has 0 aromatic heterocycles. The third kappa shape index (κ3) is 2.81. The Morgan fingerprint density at radius 1 is 1.14 bits per heavy atom. The van der Waals surface area contributed by atoms with Gasteiger partial charge in [0.15, 0.2) is 0 Å². The van der Waals surface area contributed by atoms with E-state index in [4.69, 9.17) is 0 Å². The summed E-state index contributed by atoms with van der Waals surface area (Å²) in [5, 5.41) is 20.0. The number of aromatic hydroxyl groups is 1. The van der Waals surface area contributed by atoms with Gasteiger partial charge in [-0.05, 0) is 38.5 Å². The normalized spacial score (nSPS) is 31.8. The van der Waals surface area contributed by atoms with Gasteiger partial charge in [-0.3, -0.25) is 14.4 Å². The molecule has 0 unspecified atom stereocenters. The third-order valence-electron chi connectivity index (χ3n) is 4.42. The highest BCUT2D eigenvalue weighted by molar-refractivity contribution is 6.05. The van der Waals surface area contributed by atoms with E-state index in [-0.39, 0.29) is 29.5 Å². The Kier molecular flexibility index (Phi) is 4.20. The first-order valence-corrected chi connectivity index (χ1v) is 7.20. The quantitative estimate of drug-likeness (QED) is 0.828. The number of ketones is 3. The first kappa shape index (κ1) is 16.4. The van der Waals surface area contributed by atoms with Crippen molar-refractivity contribution in [2.45, 2.75) is 38.7 Å². The first-order chi connectivity index (χ1) is 10.1. The molecular weight excluding hydrogens is 284 g/mol. The van der Waals surface area contributed by atoms with Crippen LogP contribution in [0.25, 0.3) is 0 Å². The van der Waals surface area contributed by atoms with Crippen molar-refractivity contribution >= 4 is 17.3 Å². The van der Waals surface area contributed by atoms with Crippen LogP contribution in [0.15, 0.2) is 24.3 Å². The maximum Gasteiger partial charge on any atom is 0.146 e. The van der Waals surface area contributed by atoms with Gasteiger partial charge in [-0.25, -0.2) is 0 Å². The molecule has 2 N–H and O–H groups in total. The molecule has 22 heavy (non-hydrogen) atoms. The van der Waals surface area contributed by atoms with Crippen LogP contribution in [0.2, 0.25) is 0 Å². The van der Waals surface area contributed by atoms with Gasteiger partial charge in [0.25, 0.3) is 0 Å². The third-order valence-corrected chi connectivity index (χ3v) is 4.42. The lowest BCUT2D eigenvalue weighted by atomic mass is 9.60. The van der Waals surface area contributed by atoms with Crippen LogP contribution in [0.5, 0.6) is 5.75 Å². The Morgan fingerprint density at radius 2 is 1.68 bits per heavy atom. The molecule has 0 heterocycles. The fourth-order valence-corrected chi connectivity index (χ4v) is 3.60. The SMILES string of the molecule is CC(=O)[C@H]1C(=O)C[C@@](C)(O)[C@H](C(C)=O)[C@@H]1c1ccc(O)cc1. The second-order valence-corrected chi connectivity index (χ2v) is 6.29. The van der Waals surface area contributed by atoms with Crippen LogP contribution in [-0.4, -0.2) is 33.2 Å².